The summed E-state index contributed by atoms with van der Waals surface area (Å²) in [5.74, 6) is 0.781. The second-order valence-electron chi connectivity index (χ2n) is 6.18. The van der Waals surface area contributed by atoms with Crippen LogP contribution in [0.4, 0.5) is 0 Å². The molecule has 0 amide bonds. The molecule has 0 saturated heterocycles. The fraction of sp³-hybridized carbons (Fsp3) is 0.316. The number of ketones is 1. The first-order chi connectivity index (χ1) is 13.1. The summed E-state index contributed by atoms with van der Waals surface area (Å²) in [5, 5.41) is 4.46. The van der Waals surface area contributed by atoms with Crippen molar-refractivity contribution in [1.29, 1.82) is 0 Å². The third-order valence-corrected chi connectivity index (χ3v) is 5.70. The van der Waals surface area contributed by atoms with Crippen LogP contribution in [0.25, 0.3) is 20.7 Å². The van der Waals surface area contributed by atoms with E-state index in [1.165, 1.54) is 38.9 Å². The number of Topliss-reactive ketones (excluding diaryl/α,β-unsaturated/α-hetero) is 1. The Labute approximate surface area is 158 Å². The largest absolute Gasteiger partial charge is 0.495 e. The van der Waals surface area contributed by atoms with E-state index in [-0.39, 0.29) is 11.7 Å². The molecule has 1 aromatic carbocycles. The molecule has 0 unspecified atom stereocenters. The Morgan fingerprint density at radius 1 is 1.11 bits per heavy atom. The standard InChI is InChI=1S/C19H17NO6S/c1-23-15-10(19(22)25-3)6-7-12-13(15)17(24-2)18(27-12)16-11(8-20-26-16)14(21)9-4-5-9/h6-9H,4-5H2,1-3H3. The maximum absolute atomic E-state index is 12.6. The third-order valence-electron chi connectivity index (χ3n) is 4.57. The van der Waals surface area contributed by atoms with Gasteiger partial charge in [0.1, 0.15) is 16.2 Å². The molecule has 0 spiro atoms. The highest BCUT2D eigenvalue weighted by Crippen LogP contribution is 2.50. The van der Waals surface area contributed by atoms with E-state index in [1.54, 1.807) is 12.1 Å². The average Bonchev–Trinajstić information content (AvgIpc) is 3.31. The molecular weight excluding hydrogens is 370 g/mol. The quantitative estimate of drug-likeness (QED) is 0.467. The molecule has 1 saturated carbocycles. The number of fused-ring (bicyclic) bond motifs is 1. The number of nitrogens with zero attached hydrogens (tertiary/aromatic N) is 1. The average molecular weight is 387 g/mol. The molecule has 2 heterocycles. The molecule has 140 valence electrons. The van der Waals surface area contributed by atoms with Gasteiger partial charge in [0.2, 0.25) is 0 Å². The number of aromatic nitrogens is 1. The van der Waals surface area contributed by atoms with E-state index >= 15 is 0 Å². The van der Waals surface area contributed by atoms with Crippen LogP contribution in [0.5, 0.6) is 11.5 Å². The Morgan fingerprint density at radius 2 is 1.85 bits per heavy atom. The number of hydrogen-bond acceptors (Lipinski definition) is 8. The summed E-state index contributed by atoms with van der Waals surface area (Å²) in [6.45, 7) is 0. The minimum atomic E-state index is -0.507. The Morgan fingerprint density at radius 3 is 2.48 bits per heavy atom. The summed E-state index contributed by atoms with van der Waals surface area (Å²) < 4.78 is 22.2. The monoisotopic (exact) mass is 387 g/mol. The maximum Gasteiger partial charge on any atom is 0.341 e. The van der Waals surface area contributed by atoms with Crippen molar-refractivity contribution in [3.63, 3.8) is 0 Å². The Hall–Kier alpha value is -2.87. The van der Waals surface area contributed by atoms with Crippen LogP contribution >= 0.6 is 11.3 Å². The predicted octanol–water partition coefficient (Wildman–Crippen LogP) is 3.95. The minimum Gasteiger partial charge on any atom is -0.495 e. The first-order valence-electron chi connectivity index (χ1n) is 8.35. The first kappa shape index (κ1) is 17.5. The van der Waals surface area contributed by atoms with Crippen LogP contribution in [0.3, 0.4) is 0 Å². The van der Waals surface area contributed by atoms with Crippen molar-refractivity contribution in [3.05, 3.63) is 29.5 Å². The van der Waals surface area contributed by atoms with Crippen LogP contribution in [-0.4, -0.2) is 38.2 Å². The van der Waals surface area contributed by atoms with Crippen molar-refractivity contribution >= 4 is 33.2 Å². The lowest BCUT2D eigenvalue weighted by atomic mass is 10.1. The van der Waals surface area contributed by atoms with Gasteiger partial charge in [0, 0.05) is 10.6 Å². The van der Waals surface area contributed by atoms with E-state index in [9.17, 15) is 9.59 Å². The molecule has 0 N–H and O–H groups in total. The number of esters is 1. The van der Waals surface area contributed by atoms with E-state index in [0.29, 0.717) is 38.6 Å². The lowest BCUT2D eigenvalue weighted by Crippen LogP contribution is -2.04. The number of carbonyl (C=O) groups is 2. The molecule has 27 heavy (non-hydrogen) atoms. The summed E-state index contributed by atoms with van der Waals surface area (Å²) in [7, 11) is 4.31. The zero-order valence-corrected chi connectivity index (χ0v) is 15.8. The highest BCUT2D eigenvalue weighted by Gasteiger charge is 2.35. The predicted molar refractivity (Wildman–Crippen MR) is 98.8 cm³/mol. The van der Waals surface area contributed by atoms with E-state index < -0.39 is 5.97 Å². The Balaban J connectivity index is 1.94. The van der Waals surface area contributed by atoms with Gasteiger partial charge in [-0.15, -0.1) is 11.3 Å². The zero-order valence-electron chi connectivity index (χ0n) is 15.0. The van der Waals surface area contributed by atoms with Crippen molar-refractivity contribution in [1.82, 2.24) is 5.16 Å². The molecule has 0 radical (unpaired) electrons. The molecule has 0 aliphatic heterocycles. The first-order valence-corrected chi connectivity index (χ1v) is 9.17. The maximum atomic E-state index is 12.6. The Bertz CT molecular complexity index is 1050. The molecular formula is C19H17NO6S. The minimum absolute atomic E-state index is 0.0352. The van der Waals surface area contributed by atoms with Gasteiger partial charge in [-0.1, -0.05) is 5.16 Å². The van der Waals surface area contributed by atoms with Crippen LogP contribution in [0.1, 0.15) is 33.6 Å². The molecule has 8 heteroatoms. The highest BCUT2D eigenvalue weighted by molar-refractivity contribution is 7.22. The molecule has 3 aromatic rings. The van der Waals surface area contributed by atoms with Crippen LogP contribution in [-0.2, 0) is 4.74 Å². The fourth-order valence-corrected chi connectivity index (χ4v) is 4.27. The van der Waals surface area contributed by atoms with Gasteiger partial charge in [-0.3, -0.25) is 4.79 Å². The summed E-state index contributed by atoms with van der Waals surface area (Å²) >= 11 is 1.38. The van der Waals surface area contributed by atoms with Crippen LogP contribution in [0.15, 0.2) is 22.9 Å². The van der Waals surface area contributed by atoms with Crippen molar-refractivity contribution in [3.8, 4) is 22.1 Å². The van der Waals surface area contributed by atoms with Gasteiger partial charge in [-0.05, 0) is 25.0 Å². The molecule has 1 fully saturated rings. The van der Waals surface area contributed by atoms with Crippen molar-refractivity contribution < 1.29 is 28.3 Å². The van der Waals surface area contributed by atoms with Crippen molar-refractivity contribution in [2.75, 3.05) is 21.3 Å². The lowest BCUT2D eigenvalue weighted by molar-refractivity contribution is 0.0597. The van der Waals surface area contributed by atoms with Crippen LogP contribution in [0, 0.1) is 5.92 Å². The molecule has 1 aliphatic rings. The summed E-state index contributed by atoms with van der Waals surface area (Å²) in [6.07, 6.45) is 3.24. The number of methoxy groups -OCH3 is 3. The van der Waals surface area contributed by atoms with Crippen LogP contribution < -0.4 is 9.47 Å². The number of rotatable bonds is 6. The normalized spacial score (nSPS) is 13.6. The van der Waals surface area contributed by atoms with Crippen molar-refractivity contribution in [2.24, 2.45) is 5.92 Å². The van der Waals surface area contributed by atoms with Gasteiger partial charge in [0.15, 0.2) is 17.3 Å². The SMILES string of the molecule is COC(=O)c1ccc2sc(-c3oncc3C(=O)C3CC3)c(OC)c2c1OC. The van der Waals surface area contributed by atoms with Crippen LogP contribution in [0.2, 0.25) is 0 Å². The molecule has 1 aliphatic carbocycles. The molecule has 0 atom stereocenters. The number of hydrogen-bond donors (Lipinski definition) is 0. The number of thiophene rings is 1. The fourth-order valence-electron chi connectivity index (χ4n) is 3.11. The topological polar surface area (TPSA) is 87.9 Å². The van der Waals surface area contributed by atoms with Crippen molar-refractivity contribution in [2.45, 2.75) is 12.8 Å². The summed E-state index contributed by atoms with van der Waals surface area (Å²) in [4.78, 5) is 25.3. The van der Waals surface area contributed by atoms with Gasteiger partial charge in [0.05, 0.1) is 38.5 Å². The summed E-state index contributed by atoms with van der Waals surface area (Å²) in [6, 6.07) is 3.43. The van der Waals surface area contributed by atoms with E-state index in [4.69, 9.17) is 18.7 Å². The number of benzene rings is 1. The van der Waals surface area contributed by atoms with Gasteiger partial charge >= 0.3 is 5.97 Å². The van der Waals surface area contributed by atoms with E-state index in [0.717, 1.165) is 17.5 Å². The van der Waals surface area contributed by atoms with Gasteiger partial charge in [-0.2, -0.15) is 0 Å². The van der Waals surface area contributed by atoms with E-state index in [2.05, 4.69) is 5.16 Å². The van der Waals surface area contributed by atoms with Gasteiger partial charge in [0.25, 0.3) is 0 Å². The van der Waals surface area contributed by atoms with E-state index in [1.807, 2.05) is 0 Å². The molecule has 2 aromatic heterocycles. The lowest BCUT2D eigenvalue weighted by Gasteiger charge is -2.09. The Kier molecular flexibility index (Phi) is 4.35. The highest BCUT2D eigenvalue weighted by atomic mass is 32.1. The summed E-state index contributed by atoms with van der Waals surface area (Å²) in [5.41, 5.74) is 0.747. The molecule has 4 rings (SSSR count). The molecule has 0 bridgehead atoms. The smallest absolute Gasteiger partial charge is 0.341 e. The number of carbonyl (C=O) groups excluding carboxylic acids is 2. The van der Waals surface area contributed by atoms with Gasteiger partial charge in [-0.25, -0.2) is 4.79 Å². The third kappa shape index (κ3) is 2.76. The second kappa shape index (κ2) is 6.70. The zero-order chi connectivity index (χ0) is 19.1. The second-order valence-corrected chi connectivity index (χ2v) is 7.23. The van der Waals surface area contributed by atoms with Gasteiger partial charge < -0.3 is 18.7 Å². The number of ether oxygens (including phenoxy) is 3. The molecule has 7 nitrogen and oxygen atoms in total.